The number of hydrogen-bond acceptors (Lipinski definition) is 2. The molecule has 0 atom stereocenters. The summed E-state index contributed by atoms with van der Waals surface area (Å²) in [5, 5.41) is 0. The van der Waals surface area contributed by atoms with Gasteiger partial charge in [-0.05, 0) is 45.4 Å². The fraction of sp³-hybridized carbons (Fsp3) is 1.00. The van der Waals surface area contributed by atoms with Crippen LogP contribution in [0.3, 0.4) is 0 Å². The van der Waals surface area contributed by atoms with E-state index in [9.17, 15) is 0 Å². The Hall–Kier alpha value is 0.650. The van der Waals surface area contributed by atoms with Crippen LogP contribution in [-0.2, 0) is 0 Å². The number of hydrogen-bond donors (Lipinski definition) is 0. The highest BCUT2D eigenvalue weighted by Crippen LogP contribution is 2.29. The van der Waals surface area contributed by atoms with Gasteiger partial charge in [0.25, 0.3) is 0 Å². The van der Waals surface area contributed by atoms with Crippen molar-refractivity contribution in [1.82, 2.24) is 9.80 Å². The Labute approximate surface area is 120 Å². The number of rotatable bonds is 3. The van der Waals surface area contributed by atoms with Crippen molar-refractivity contribution < 1.29 is 0 Å². The Balaban J connectivity index is 1.67. The zero-order chi connectivity index (χ0) is 12.3. The molecule has 100 valence electrons. The molecule has 2 nitrogen and oxygen atoms in total. The molecule has 3 heteroatoms. The first-order valence-electron chi connectivity index (χ1n) is 7.25. The topological polar surface area (TPSA) is 6.48 Å². The van der Waals surface area contributed by atoms with Gasteiger partial charge in [-0.2, -0.15) is 0 Å². The summed E-state index contributed by atoms with van der Waals surface area (Å²) < 4.78 is 0.960. The number of piperazine rings is 1. The Morgan fingerprint density at radius 1 is 1.00 bits per heavy atom. The maximum atomic E-state index is 2.71. The van der Waals surface area contributed by atoms with Gasteiger partial charge in [0.1, 0.15) is 0 Å². The van der Waals surface area contributed by atoms with E-state index >= 15 is 0 Å². The third kappa shape index (κ3) is 4.35. The molecule has 2 rings (SSSR count). The number of nitrogens with zero attached hydrogens (tertiary/aromatic N) is 2. The smallest absolute Gasteiger partial charge is 0.0113 e. The van der Waals surface area contributed by atoms with Gasteiger partial charge in [0, 0.05) is 42.7 Å². The van der Waals surface area contributed by atoms with Gasteiger partial charge in [-0.15, -0.1) is 0 Å². The van der Waals surface area contributed by atoms with Gasteiger partial charge < -0.3 is 4.90 Å². The molecule has 1 aliphatic heterocycles. The molecule has 0 aromatic carbocycles. The summed E-state index contributed by atoms with van der Waals surface area (Å²) in [5.74, 6) is 0.992. The van der Waals surface area contributed by atoms with Crippen molar-refractivity contribution in [2.24, 2.45) is 5.92 Å². The molecule has 0 unspecified atom stereocenters. The zero-order valence-corrected chi connectivity index (χ0v) is 13.5. The van der Waals surface area contributed by atoms with Gasteiger partial charge in [0.15, 0.2) is 0 Å². The monoisotopic (exact) mass is 350 g/mol. The third-order valence-corrected chi connectivity index (χ3v) is 5.68. The van der Waals surface area contributed by atoms with Crippen LogP contribution in [0.5, 0.6) is 0 Å². The maximum absolute atomic E-state index is 2.71. The molecule has 0 N–H and O–H groups in total. The van der Waals surface area contributed by atoms with Crippen molar-refractivity contribution in [3.05, 3.63) is 0 Å². The van der Waals surface area contributed by atoms with Crippen LogP contribution < -0.4 is 0 Å². The molecule has 1 aliphatic carbocycles. The van der Waals surface area contributed by atoms with E-state index in [-0.39, 0.29) is 0 Å². The van der Waals surface area contributed by atoms with E-state index < -0.39 is 0 Å². The van der Waals surface area contributed by atoms with E-state index in [1.54, 1.807) is 0 Å². The lowest BCUT2D eigenvalue weighted by Crippen LogP contribution is -2.50. The lowest BCUT2D eigenvalue weighted by atomic mass is 9.89. The van der Waals surface area contributed by atoms with E-state index in [2.05, 4.69) is 46.2 Å². The predicted octanol–water partition coefficient (Wildman–Crippen LogP) is 3.01. The van der Waals surface area contributed by atoms with Gasteiger partial charge in [-0.3, -0.25) is 4.90 Å². The highest BCUT2D eigenvalue weighted by Gasteiger charge is 2.24. The highest BCUT2D eigenvalue weighted by atomic mass is 127. The summed E-state index contributed by atoms with van der Waals surface area (Å²) in [4.78, 5) is 5.31. The average molecular weight is 350 g/mol. The van der Waals surface area contributed by atoms with Crippen LogP contribution in [0.15, 0.2) is 0 Å². The summed E-state index contributed by atoms with van der Waals surface area (Å²) in [6.45, 7) is 11.1. The third-order valence-electron chi connectivity index (χ3n) is 4.43. The van der Waals surface area contributed by atoms with Gasteiger partial charge >= 0.3 is 0 Å². The standard InChI is InChI=1S/C14H27IN2/c1-12(2)17-9-7-16(8-10-17)11-13-3-5-14(15)6-4-13/h12-14H,3-11H2,1-2H3. The van der Waals surface area contributed by atoms with E-state index in [0.717, 1.165) is 15.9 Å². The maximum Gasteiger partial charge on any atom is 0.0113 e. The first-order chi connectivity index (χ1) is 8.15. The van der Waals surface area contributed by atoms with Crippen LogP contribution in [0.4, 0.5) is 0 Å². The lowest BCUT2D eigenvalue weighted by Gasteiger charge is -2.39. The van der Waals surface area contributed by atoms with E-state index in [1.165, 1.54) is 58.4 Å². The fourth-order valence-corrected chi connectivity index (χ4v) is 3.85. The summed E-state index contributed by atoms with van der Waals surface area (Å²) in [7, 11) is 0. The van der Waals surface area contributed by atoms with Crippen molar-refractivity contribution in [3.8, 4) is 0 Å². The molecule has 17 heavy (non-hydrogen) atoms. The van der Waals surface area contributed by atoms with Crippen LogP contribution in [0.2, 0.25) is 0 Å². The van der Waals surface area contributed by atoms with E-state index in [4.69, 9.17) is 0 Å². The zero-order valence-electron chi connectivity index (χ0n) is 11.4. The molecule has 1 saturated heterocycles. The summed E-state index contributed by atoms with van der Waals surface area (Å²) in [6, 6.07) is 0.728. The van der Waals surface area contributed by atoms with Gasteiger partial charge in [-0.1, -0.05) is 22.6 Å². The molecule has 1 saturated carbocycles. The van der Waals surface area contributed by atoms with Crippen molar-refractivity contribution >= 4 is 22.6 Å². The number of alkyl halides is 1. The highest BCUT2D eigenvalue weighted by molar-refractivity contribution is 14.1. The SMILES string of the molecule is CC(C)N1CCN(CC2CCC(I)CC2)CC1. The molecule has 0 amide bonds. The minimum atomic E-state index is 0.728. The molecule has 0 aromatic heterocycles. The second kappa shape index (κ2) is 6.71. The molecular formula is C14H27IN2. The minimum Gasteiger partial charge on any atom is -0.301 e. The first-order valence-corrected chi connectivity index (χ1v) is 8.50. The fourth-order valence-electron chi connectivity index (χ4n) is 3.13. The number of halogens is 1. The van der Waals surface area contributed by atoms with Gasteiger partial charge in [0.2, 0.25) is 0 Å². The Kier molecular flexibility index (Phi) is 5.55. The van der Waals surface area contributed by atoms with Crippen LogP contribution >= 0.6 is 22.6 Å². The summed E-state index contributed by atoms with van der Waals surface area (Å²) in [6.07, 6.45) is 5.85. The molecule has 0 radical (unpaired) electrons. The van der Waals surface area contributed by atoms with Crippen molar-refractivity contribution in [3.63, 3.8) is 0 Å². The quantitative estimate of drug-likeness (QED) is 0.570. The summed E-state index contributed by atoms with van der Waals surface area (Å²) in [5.41, 5.74) is 0. The molecule has 1 heterocycles. The molecule has 2 fully saturated rings. The van der Waals surface area contributed by atoms with Gasteiger partial charge in [-0.25, -0.2) is 0 Å². The summed E-state index contributed by atoms with van der Waals surface area (Å²) >= 11 is 2.63. The van der Waals surface area contributed by atoms with Crippen molar-refractivity contribution in [2.45, 2.75) is 49.5 Å². The van der Waals surface area contributed by atoms with E-state index in [1.807, 2.05) is 0 Å². The van der Waals surface area contributed by atoms with Crippen LogP contribution in [-0.4, -0.2) is 52.5 Å². The molecule has 0 bridgehead atoms. The molecule has 0 aromatic rings. The van der Waals surface area contributed by atoms with Crippen LogP contribution in [0, 0.1) is 5.92 Å². The second-order valence-electron chi connectivity index (χ2n) is 6.05. The second-order valence-corrected chi connectivity index (χ2v) is 7.81. The Bertz CT molecular complexity index is 216. The Morgan fingerprint density at radius 3 is 2.12 bits per heavy atom. The molecule has 0 spiro atoms. The first kappa shape index (κ1) is 14.1. The largest absolute Gasteiger partial charge is 0.301 e. The normalized spacial score (nSPS) is 33.2. The van der Waals surface area contributed by atoms with Crippen LogP contribution in [0.25, 0.3) is 0 Å². The minimum absolute atomic E-state index is 0.728. The average Bonchev–Trinajstić information content (AvgIpc) is 2.33. The Morgan fingerprint density at radius 2 is 1.59 bits per heavy atom. The van der Waals surface area contributed by atoms with Gasteiger partial charge in [0.05, 0.1) is 0 Å². The van der Waals surface area contributed by atoms with Crippen molar-refractivity contribution in [2.75, 3.05) is 32.7 Å². The van der Waals surface area contributed by atoms with E-state index in [0.29, 0.717) is 0 Å². The molecular weight excluding hydrogens is 323 g/mol. The lowest BCUT2D eigenvalue weighted by molar-refractivity contribution is 0.0914. The van der Waals surface area contributed by atoms with Crippen LogP contribution in [0.1, 0.15) is 39.5 Å². The predicted molar refractivity (Wildman–Crippen MR) is 82.9 cm³/mol. The van der Waals surface area contributed by atoms with Crippen molar-refractivity contribution in [1.29, 1.82) is 0 Å². The molecule has 2 aliphatic rings.